The van der Waals surface area contributed by atoms with Crippen LogP contribution in [0.3, 0.4) is 0 Å². The van der Waals surface area contributed by atoms with E-state index in [1.807, 2.05) is 6.07 Å². The first-order valence-corrected chi connectivity index (χ1v) is 21.9. The Morgan fingerprint density at radius 1 is 0.769 bits per heavy atom. The molecule has 0 aliphatic carbocycles. The minimum Gasteiger partial charge on any atom is -0.417 e. The highest BCUT2D eigenvalue weighted by molar-refractivity contribution is 9.10. The maximum Gasteiger partial charge on any atom is 0.191 e. The molecular formula is C30H49Br2ClF2O2Si2. The van der Waals surface area contributed by atoms with E-state index in [0.717, 1.165) is 45.9 Å². The van der Waals surface area contributed by atoms with E-state index in [0.29, 0.717) is 11.5 Å². The summed E-state index contributed by atoms with van der Waals surface area (Å²) < 4.78 is 33.3. The Morgan fingerprint density at radius 2 is 1.15 bits per heavy atom. The molecule has 0 spiro atoms. The second-order valence-electron chi connectivity index (χ2n) is 12.7. The van der Waals surface area contributed by atoms with Crippen LogP contribution in [-0.4, -0.2) is 34.0 Å². The van der Waals surface area contributed by atoms with Crippen molar-refractivity contribution in [3.05, 3.63) is 68.1 Å². The van der Waals surface area contributed by atoms with Gasteiger partial charge < -0.3 is 9.53 Å². The maximum absolute atomic E-state index is 13.0. The van der Waals surface area contributed by atoms with Gasteiger partial charge in [0.2, 0.25) is 0 Å². The van der Waals surface area contributed by atoms with E-state index in [2.05, 4.69) is 99.6 Å². The monoisotopic (exact) mass is 728 g/mol. The number of rotatable bonds is 8. The zero-order chi connectivity index (χ0) is 30.7. The molecule has 224 valence electrons. The first-order valence-electron chi connectivity index (χ1n) is 13.4. The van der Waals surface area contributed by atoms with Crippen LogP contribution in [0.5, 0.6) is 0 Å². The van der Waals surface area contributed by atoms with Gasteiger partial charge in [0.05, 0.1) is 0 Å². The third-order valence-corrected chi connectivity index (χ3v) is 18.6. The molecule has 0 aliphatic heterocycles. The van der Waals surface area contributed by atoms with Gasteiger partial charge in [0.25, 0.3) is 0 Å². The number of aryl methyl sites for hydroxylation is 2. The summed E-state index contributed by atoms with van der Waals surface area (Å²) in [5, 5.41) is 9.18. The van der Waals surface area contributed by atoms with Gasteiger partial charge in [-0.3, -0.25) is 0 Å². The average Bonchev–Trinajstić information content (AvgIpc) is 2.76. The third-order valence-electron chi connectivity index (χ3n) is 7.28. The molecule has 0 saturated carbocycles. The molecule has 2 aromatic rings. The van der Waals surface area contributed by atoms with Crippen LogP contribution in [0.4, 0.5) is 8.78 Å². The summed E-state index contributed by atoms with van der Waals surface area (Å²) in [6, 6.07) is 9.46. The number of hydrogen-bond donors (Lipinski definition) is 1. The van der Waals surface area contributed by atoms with Crippen molar-refractivity contribution < 1.29 is 18.3 Å². The van der Waals surface area contributed by atoms with Gasteiger partial charge in [-0.05, 0) is 84.2 Å². The summed E-state index contributed by atoms with van der Waals surface area (Å²) in [5.74, 6) is -0.442. The van der Waals surface area contributed by atoms with E-state index in [1.165, 1.54) is 24.3 Å². The predicted octanol–water partition coefficient (Wildman–Crippen LogP) is 11.3. The van der Waals surface area contributed by atoms with Gasteiger partial charge in [-0.2, -0.15) is 11.1 Å². The molecule has 0 saturated heterocycles. The number of benzene rings is 2. The zero-order valence-electron chi connectivity index (χ0n) is 25.5. The smallest absolute Gasteiger partial charge is 0.191 e. The average molecular weight is 731 g/mol. The number of hydrogen-bond acceptors (Lipinski definition) is 2. The topological polar surface area (TPSA) is 29.5 Å². The summed E-state index contributed by atoms with van der Waals surface area (Å²) in [4.78, 5) is 0. The lowest BCUT2D eigenvalue weighted by molar-refractivity contribution is 0.282. The molecule has 2 rings (SSSR count). The highest BCUT2D eigenvalue weighted by Gasteiger charge is 2.36. The van der Waals surface area contributed by atoms with Crippen molar-refractivity contribution in [3.8, 4) is 0 Å². The van der Waals surface area contributed by atoms with Crippen LogP contribution < -0.4 is 0 Å². The van der Waals surface area contributed by atoms with Gasteiger partial charge in [-0.15, -0.1) is 0 Å². The van der Waals surface area contributed by atoms with Crippen molar-refractivity contribution >= 4 is 58.6 Å². The quantitative estimate of drug-likeness (QED) is 0.166. The fraction of sp³-hybridized carbons (Fsp3) is 0.600. The van der Waals surface area contributed by atoms with Crippen molar-refractivity contribution in [1.29, 1.82) is 0 Å². The molecule has 39 heavy (non-hydrogen) atoms. The normalized spacial score (nSPS) is 12.3. The summed E-state index contributed by atoms with van der Waals surface area (Å²) >= 11 is 12.8. The highest BCUT2D eigenvalue weighted by atomic mass is 79.9. The maximum atomic E-state index is 13.0. The third kappa shape index (κ3) is 15.6. The fourth-order valence-corrected chi connectivity index (χ4v) is 4.71. The molecule has 1 N–H and O–H groups in total. The molecule has 0 aromatic heterocycles. The molecule has 9 heteroatoms. The lowest BCUT2D eigenvalue weighted by Crippen LogP contribution is -2.41. The first-order chi connectivity index (χ1) is 17.6. The summed E-state index contributed by atoms with van der Waals surface area (Å²) in [6.07, 6.45) is 3.37. The van der Waals surface area contributed by atoms with Crippen molar-refractivity contribution in [2.75, 3.05) is 13.2 Å². The molecule has 0 radical (unpaired) electrons. The van der Waals surface area contributed by atoms with Gasteiger partial charge in [0.15, 0.2) is 15.7 Å². The Morgan fingerprint density at radius 3 is 1.46 bits per heavy atom. The Balaban J connectivity index is 0.000000616. The minimum absolute atomic E-state index is 0.170. The summed E-state index contributed by atoms with van der Waals surface area (Å²) in [6.45, 7) is 23.2. The molecular weight excluding hydrogens is 682 g/mol. The van der Waals surface area contributed by atoms with Gasteiger partial charge in [-0.25, -0.2) is 8.78 Å². The Hall–Kier alpha value is -0.0962. The second kappa shape index (κ2) is 17.1. The van der Waals surface area contributed by atoms with Gasteiger partial charge in [0.1, 0.15) is 11.6 Å². The Bertz CT molecular complexity index is 990. The predicted molar refractivity (Wildman–Crippen MR) is 178 cm³/mol. The van der Waals surface area contributed by atoms with Crippen molar-refractivity contribution in [2.45, 2.75) is 103 Å². The van der Waals surface area contributed by atoms with E-state index >= 15 is 0 Å². The molecule has 0 amide bonds. The fourth-order valence-electron chi connectivity index (χ4n) is 2.52. The summed E-state index contributed by atoms with van der Waals surface area (Å²) in [7, 11) is -3.02. The zero-order valence-corrected chi connectivity index (χ0v) is 31.4. The standard InChI is InChI=1S/C15H24BrFOSi.C9H10BrFO.C6H15ClSi/c1-15(2,3)19(4,5)18-10-6-7-12-8-9-13(17)11-14(12)16;10-9-6-8(11)4-3-7(9)2-1-5-12;1-6(2,3)8(4,5)7/h8-9,11H,6-7,10H2,1-5H3;3-4,6,12H,1-2,5H2;1-5H3. The molecule has 0 unspecified atom stereocenters. The Kier molecular flexibility index (Phi) is 17.1. The van der Waals surface area contributed by atoms with Crippen LogP contribution in [0.15, 0.2) is 45.3 Å². The molecule has 0 aliphatic rings. The van der Waals surface area contributed by atoms with E-state index in [9.17, 15) is 8.78 Å². The minimum atomic E-state index is -1.64. The van der Waals surface area contributed by atoms with E-state index in [1.54, 1.807) is 6.07 Å². The number of aliphatic hydroxyl groups is 1. The van der Waals surface area contributed by atoms with Gasteiger partial charge >= 0.3 is 0 Å². The van der Waals surface area contributed by atoms with Crippen LogP contribution >= 0.6 is 42.9 Å². The van der Waals surface area contributed by atoms with Gasteiger partial charge in [-0.1, -0.05) is 98.6 Å². The van der Waals surface area contributed by atoms with Crippen LogP contribution in [0.2, 0.25) is 36.3 Å². The summed E-state index contributed by atoms with van der Waals surface area (Å²) in [5.41, 5.74) is 2.17. The highest BCUT2D eigenvalue weighted by Crippen LogP contribution is 2.38. The molecule has 0 heterocycles. The van der Waals surface area contributed by atoms with Crippen molar-refractivity contribution in [1.82, 2.24) is 0 Å². The number of aliphatic hydroxyl groups excluding tert-OH is 1. The van der Waals surface area contributed by atoms with Crippen molar-refractivity contribution in [3.63, 3.8) is 0 Å². The van der Waals surface area contributed by atoms with Crippen LogP contribution in [0.25, 0.3) is 0 Å². The largest absolute Gasteiger partial charge is 0.417 e. The van der Waals surface area contributed by atoms with Crippen LogP contribution in [0, 0.1) is 11.6 Å². The molecule has 0 atom stereocenters. The second-order valence-corrected chi connectivity index (χ2v) is 26.5. The lowest BCUT2D eigenvalue weighted by Gasteiger charge is -2.36. The SMILES string of the molecule is CC(C)(C)[Si](C)(C)Cl.CC(C)(C)[Si](C)(C)OCCCc1ccc(F)cc1Br.OCCCc1ccc(F)cc1Br. The molecule has 2 aromatic carbocycles. The van der Waals surface area contributed by atoms with E-state index in [-0.39, 0.29) is 23.3 Å². The van der Waals surface area contributed by atoms with Crippen LogP contribution in [-0.2, 0) is 17.3 Å². The lowest BCUT2D eigenvalue weighted by atomic mass is 10.1. The molecule has 2 nitrogen and oxygen atoms in total. The molecule has 0 fully saturated rings. The first kappa shape index (κ1) is 38.9. The van der Waals surface area contributed by atoms with Crippen LogP contribution in [0.1, 0.15) is 65.5 Å². The number of halogens is 5. The van der Waals surface area contributed by atoms with Gasteiger partial charge in [0, 0.05) is 22.2 Å². The molecule has 0 bridgehead atoms. The van der Waals surface area contributed by atoms with E-state index in [4.69, 9.17) is 20.6 Å². The van der Waals surface area contributed by atoms with Crippen molar-refractivity contribution in [2.24, 2.45) is 0 Å². The van der Waals surface area contributed by atoms with E-state index < -0.39 is 15.7 Å². The Labute approximate surface area is 260 Å².